The third-order valence-electron chi connectivity index (χ3n) is 4.11. The lowest BCUT2D eigenvalue weighted by Crippen LogP contribution is -2.25. The van der Waals surface area contributed by atoms with Crippen LogP contribution in [0.4, 0.5) is 0 Å². The van der Waals surface area contributed by atoms with Crippen LogP contribution in [0.25, 0.3) is 0 Å². The number of benzene rings is 2. The molecule has 0 spiro atoms. The van der Waals surface area contributed by atoms with Crippen molar-refractivity contribution in [3.05, 3.63) is 72.3 Å². The van der Waals surface area contributed by atoms with Gasteiger partial charge in [0, 0.05) is 16.2 Å². The minimum Gasteiger partial charge on any atom is -0.249 e. The highest BCUT2D eigenvalue weighted by Gasteiger charge is 2.34. The van der Waals surface area contributed by atoms with Crippen LogP contribution in [0.5, 0.6) is 0 Å². The van der Waals surface area contributed by atoms with Crippen molar-refractivity contribution in [1.29, 1.82) is 5.26 Å². The lowest BCUT2D eigenvalue weighted by Gasteiger charge is -2.26. The molecule has 0 bridgehead atoms. The molecule has 0 aliphatic carbocycles. The van der Waals surface area contributed by atoms with Crippen LogP contribution in [-0.2, 0) is 16.2 Å². The van der Waals surface area contributed by atoms with E-state index in [0.717, 1.165) is 16.0 Å². The van der Waals surface area contributed by atoms with Crippen LogP contribution in [0.1, 0.15) is 30.9 Å². The maximum Gasteiger partial charge on any atom is 0.0976 e. The highest BCUT2D eigenvalue weighted by atomic mass is 32.2. The zero-order valence-electron chi connectivity index (χ0n) is 14.6. The van der Waals surface area contributed by atoms with E-state index in [1.165, 1.54) is 0 Å². The monoisotopic (exact) mass is 347 g/mol. The fraction of sp³-hybridized carbons (Fsp3) is 0.227. The number of rotatable bonds is 6. The van der Waals surface area contributed by atoms with E-state index in [2.05, 4.69) is 24.5 Å². The van der Waals surface area contributed by atoms with Gasteiger partial charge in [-0.05, 0) is 44.0 Å². The van der Waals surface area contributed by atoms with Gasteiger partial charge in [0.2, 0.25) is 0 Å². The second-order valence-corrected chi connectivity index (χ2v) is 7.32. The quantitative estimate of drug-likeness (QED) is 0.550. The van der Waals surface area contributed by atoms with Crippen LogP contribution in [0.2, 0.25) is 0 Å². The van der Waals surface area contributed by atoms with Crippen LogP contribution >= 0.6 is 0 Å². The van der Waals surface area contributed by atoms with Crippen molar-refractivity contribution in [2.45, 2.75) is 41.9 Å². The molecule has 0 amide bonds. The van der Waals surface area contributed by atoms with Crippen molar-refractivity contribution in [2.75, 3.05) is 0 Å². The molecule has 0 aliphatic heterocycles. The molecular formula is C22H21NOS. The van der Waals surface area contributed by atoms with Gasteiger partial charge in [-0.2, -0.15) is 5.26 Å². The standard InChI is InChI=1S/C22H21NOS/c1-4-6-16-22(17-23,15-5-2)20-9-7-8-10-21(20)25(24)19-13-11-18(3)12-14-19/h5,7-14H,2,15-16H2,1,3H3/t22-,25?/m0/s1. The number of hydrogen-bond donors (Lipinski definition) is 0. The molecule has 2 aromatic rings. The summed E-state index contributed by atoms with van der Waals surface area (Å²) in [5, 5.41) is 9.94. The Morgan fingerprint density at radius 3 is 2.48 bits per heavy atom. The molecule has 0 radical (unpaired) electrons. The smallest absolute Gasteiger partial charge is 0.0976 e. The van der Waals surface area contributed by atoms with E-state index in [9.17, 15) is 9.47 Å². The molecule has 126 valence electrons. The second kappa shape index (κ2) is 8.47. The summed E-state index contributed by atoms with van der Waals surface area (Å²) in [4.78, 5) is 1.39. The fourth-order valence-electron chi connectivity index (χ4n) is 2.72. The molecule has 0 aliphatic rings. The van der Waals surface area contributed by atoms with Crippen LogP contribution in [0.3, 0.4) is 0 Å². The summed E-state index contributed by atoms with van der Waals surface area (Å²) in [6.07, 6.45) is 2.57. The summed E-state index contributed by atoms with van der Waals surface area (Å²) in [5.41, 5.74) is 1.03. The predicted octanol–water partition coefficient (Wildman–Crippen LogP) is 4.91. The van der Waals surface area contributed by atoms with Crippen LogP contribution in [0.15, 0.2) is 71.0 Å². The molecule has 1 unspecified atom stereocenters. The van der Waals surface area contributed by atoms with Crippen LogP contribution in [-0.4, -0.2) is 4.21 Å². The molecule has 2 atom stereocenters. The summed E-state index contributed by atoms with van der Waals surface area (Å²) in [6.45, 7) is 7.55. The average molecular weight is 347 g/mol. The van der Waals surface area contributed by atoms with Gasteiger partial charge in [-0.1, -0.05) is 42.0 Å². The maximum absolute atomic E-state index is 13.2. The fourth-order valence-corrected chi connectivity index (χ4v) is 4.02. The second-order valence-electron chi connectivity index (χ2n) is 5.87. The summed E-state index contributed by atoms with van der Waals surface area (Å²) in [7, 11) is -1.36. The average Bonchev–Trinajstić information content (AvgIpc) is 2.65. The number of hydrogen-bond acceptors (Lipinski definition) is 2. The molecule has 0 heterocycles. The molecule has 0 saturated carbocycles. The summed E-state index contributed by atoms with van der Waals surface area (Å²) in [6, 6.07) is 17.5. The van der Waals surface area contributed by atoms with E-state index in [1.54, 1.807) is 13.0 Å². The normalized spacial score (nSPS) is 13.6. The molecule has 25 heavy (non-hydrogen) atoms. The number of aryl methyl sites for hydroxylation is 1. The highest BCUT2D eigenvalue weighted by molar-refractivity contribution is 7.85. The van der Waals surface area contributed by atoms with E-state index in [4.69, 9.17) is 0 Å². The van der Waals surface area contributed by atoms with Gasteiger partial charge in [-0.3, -0.25) is 0 Å². The number of nitriles is 1. The predicted molar refractivity (Wildman–Crippen MR) is 102 cm³/mol. The molecule has 0 N–H and O–H groups in total. The number of nitrogens with zero attached hydrogens (tertiary/aromatic N) is 1. The largest absolute Gasteiger partial charge is 0.249 e. The summed E-state index contributed by atoms with van der Waals surface area (Å²) in [5.74, 6) is 5.88. The zero-order valence-corrected chi connectivity index (χ0v) is 15.4. The topological polar surface area (TPSA) is 40.9 Å². The third-order valence-corrected chi connectivity index (χ3v) is 5.57. The van der Waals surface area contributed by atoms with E-state index >= 15 is 0 Å². The summed E-state index contributed by atoms with van der Waals surface area (Å²) < 4.78 is 13.2. The Morgan fingerprint density at radius 1 is 1.20 bits per heavy atom. The Hall–Kier alpha value is -2.62. The minimum absolute atomic E-state index is 0.383. The lowest BCUT2D eigenvalue weighted by molar-refractivity contribution is 0.561. The van der Waals surface area contributed by atoms with E-state index < -0.39 is 16.2 Å². The van der Waals surface area contributed by atoms with Gasteiger partial charge in [0.25, 0.3) is 0 Å². The van der Waals surface area contributed by atoms with Crippen molar-refractivity contribution in [1.82, 2.24) is 0 Å². The molecule has 3 heteroatoms. The van der Waals surface area contributed by atoms with Crippen molar-refractivity contribution < 1.29 is 4.21 Å². The Balaban J connectivity index is 2.60. The van der Waals surface area contributed by atoms with E-state index in [0.29, 0.717) is 17.7 Å². The zero-order chi connectivity index (χ0) is 18.3. The highest BCUT2D eigenvalue weighted by Crippen LogP contribution is 2.36. The Kier molecular flexibility index (Phi) is 6.34. The van der Waals surface area contributed by atoms with Gasteiger partial charge in [0.05, 0.1) is 22.3 Å². The molecule has 2 rings (SSSR count). The molecule has 2 nitrogen and oxygen atoms in total. The van der Waals surface area contributed by atoms with Crippen LogP contribution in [0, 0.1) is 30.1 Å². The minimum atomic E-state index is -1.36. The third kappa shape index (κ3) is 4.08. The first kappa shape index (κ1) is 18.7. The van der Waals surface area contributed by atoms with Crippen molar-refractivity contribution >= 4 is 10.8 Å². The van der Waals surface area contributed by atoms with Gasteiger partial charge in [-0.15, -0.1) is 18.4 Å². The van der Waals surface area contributed by atoms with Crippen molar-refractivity contribution in [3.8, 4) is 17.9 Å². The Morgan fingerprint density at radius 2 is 1.88 bits per heavy atom. The number of allylic oxidation sites excluding steroid dienone is 1. The maximum atomic E-state index is 13.2. The van der Waals surface area contributed by atoms with Gasteiger partial charge in [-0.25, -0.2) is 4.21 Å². The van der Waals surface area contributed by atoms with Crippen molar-refractivity contribution in [3.63, 3.8) is 0 Å². The van der Waals surface area contributed by atoms with E-state index in [1.807, 2.05) is 55.5 Å². The molecule has 0 aromatic heterocycles. The van der Waals surface area contributed by atoms with E-state index in [-0.39, 0.29) is 0 Å². The van der Waals surface area contributed by atoms with Gasteiger partial charge >= 0.3 is 0 Å². The Bertz CT molecular complexity index is 881. The van der Waals surface area contributed by atoms with Crippen LogP contribution < -0.4 is 0 Å². The first-order valence-electron chi connectivity index (χ1n) is 8.07. The van der Waals surface area contributed by atoms with Gasteiger partial charge in [0.1, 0.15) is 0 Å². The first-order valence-corrected chi connectivity index (χ1v) is 9.22. The Labute approximate surface area is 152 Å². The van der Waals surface area contributed by atoms with Crippen molar-refractivity contribution in [2.24, 2.45) is 0 Å². The van der Waals surface area contributed by atoms with Gasteiger partial charge < -0.3 is 0 Å². The summed E-state index contributed by atoms with van der Waals surface area (Å²) >= 11 is 0. The SMILES string of the molecule is C=CC[C@@](C#N)(CC#CC)c1ccccc1S(=O)c1ccc(C)cc1. The molecular weight excluding hydrogens is 326 g/mol. The molecule has 0 saturated heterocycles. The first-order chi connectivity index (χ1) is 12.1. The lowest BCUT2D eigenvalue weighted by atomic mass is 9.76. The molecule has 0 fully saturated rings. The molecule has 2 aromatic carbocycles. The van der Waals surface area contributed by atoms with Gasteiger partial charge in [0.15, 0.2) is 0 Å².